The highest BCUT2D eigenvalue weighted by molar-refractivity contribution is 6.59. The topological polar surface area (TPSA) is 58.9 Å². The molecule has 1 aliphatic rings. The van der Waals surface area contributed by atoms with Crippen LogP contribution in [0.4, 0.5) is 4.39 Å². The van der Waals surface area contributed by atoms with Gasteiger partial charge in [-0.05, 0) is 37.5 Å². The molecule has 0 aromatic heterocycles. The summed E-state index contributed by atoms with van der Waals surface area (Å²) in [4.78, 5) is 0. The zero-order chi connectivity index (χ0) is 13.0. The predicted molar refractivity (Wildman–Crippen MR) is 65.3 cm³/mol. The van der Waals surface area contributed by atoms with Gasteiger partial charge in [0.15, 0.2) is 0 Å². The number of hydrogen-bond donors (Lipinski definition) is 2. The van der Waals surface area contributed by atoms with Crippen LogP contribution in [0.5, 0.6) is 5.75 Å². The lowest BCUT2D eigenvalue weighted by Gasteiger charge is -2.23. The Labute approximate surface area is 105 Å². The Balaban J connectivity index is 1.99. The Kier molecular flexibility index (Phi) is 4.57. The van der Waals surface area contributed by atoms with Crippen LogP contribution in [0.1, 0.15) is 19.3 Å². The van der Waals surface area contributed by atoms with E-state index >= 15 is 0 Å². The molecule has 98 valence electrons. The van der Waals surface area contributed by atoms with Gasteiger partial charge in [-0.15, -0.1) is 0 Å². The van der Waals surface area contributed by atoms with E-state index in [4.69, 9.17) is 19.5 Å². The lowest BCUT2D eigenvalue weighted by atomic mass is 9.79. The molecule has 0 radical (unpaired) electrons. The fourth-order valence-electron chi connectivity index (χ4n) is 1.97. The molecule has 1 aromatic rings. The third-order valence-corrected chi connectivity index (χ3v) is 2.95. The van der Waals surface area contributed by atoms with Crippen molar-refractivity contribution in [1.82, 2.24) is 0 Å². The smallest absolute Gasteiger partial charge is 0.491 e. The first-order valence-corrected chi connectivity index (χ1v) is 6.07. The van der Waals surface area contributed by atoms with Gasteiger partial charge < -0.3 is 19.5 Å². The number of benzene rings is 1. The fourth-order valence-corrected chi connectivity index (χ4v) is 1.97. The van der Waals surface area contributed by atoms with Gasteiger partial charge in [-0.2, -0.15) is 0 Å². The van der Waals surface area contributed by atoms with Gasteiger partial charge >= 0.3 is 7.12 Å². The summed E-state index contributed by atoms with van der Waals surface area (Å²) < 4.78 is 24.0. The van der Waals surface area contributed by atoms with Crippen LogP contribution in [-0.2, 0) is 4.74 Å². The van der Waals surface area contributed by atoms with Crippen molar-refractivity contribution in [3.05, 3.63) is 24.0 Å². The van der Waals surface area contributed by atoms with Crippen LogP contribution in [0.25, 0.3) is 0 Å². The molecule has 0 bridgehead atoms. The van der Waals surface area contributed by atoms with Crippen molar-refractivity contribution in [3.63, 3.8) is 0 Å². The highest BCUT2D eigenvalue weighted by Crippen LogP contribution is 2.15. The predicted octanol–water partition coefficient (Wildman–Crippen LogP) is 0.453. The highest BCUT2D eigenvalue weighted by atomic mass is 19.1. The largest absolute Gasteiger partial charge is 0.492 e. The van der Waals surface area contributed by atoms with E-state index in [1.165, 1.54) is 12.1 Å². The van der Waals surface area contributed by atoms with Gasteiger partial charge in [0.1, 0.15) is 18.2 Å². The van der Waals surface area contributed by atoms with Gasteiger partial charge in [-0.3, -0.25) is 0 Å². The van der Waals surface area contributed by atoms with Crippen molar-refractivity contribution in [3.8, 4) is 5.75 Å². The minimum atomic E-state index is -1.75. The number of halogens is 1. The van der Waals surface area contributed by atoms with Crippen LogP contribution >= 0.6 is 0 Å². The second-order valence-electron chi connectivity index (χ2n) is 4.36. The molecule has 18 heavy (non-hydrogen) atoms. The SMILES string of the molecule is OB(O)c1cc(F)ccc1OC[C@@H]1CCCCO1. The van der Waals surface area contributed by atoms with Gasteiger partial charge in [0.05, 0.1) is 6.10 Å². The van der Waals surface area contributed by atoms with E-state index < -0.39 is 12.9 Å². The van der Waals surface area contributed by atoms with Crippen molar-refractivity contribution >= 4 is 12.6 Å². The normalized spacial score (nSPS) is 19.6. The molecule has 1 aliphatic heterocycles. The fraction of sp³-hybridized carbons (Fsp3) is 0.500. The molecule has 0 spiro atoms. The lowest BCUT2D eigenvalue weighted by Crippen LogP contribution is -2.33. The van der Waals surface area contributed by atoms with Crippen LogP contribution in [0.2, 0.25) is 0 Å². The lowest BCUT2D eigenvalue weighted by molar-refractivity contribution is -0.0109. The van der Waals surface area contributed by atoms with E-state index in [0.717, 1.165) is 31.9 Å². The minimum absolute atomic E-state index is 0.0208. The first-order chi connectivity index (χ1) is 8.66. The molecular formula is C12H16BFO4. The Bertz CT molecular complexity index is 394. The highest BCUT2D eigenvalue weighted by Gasteiger charge is 2.20. The first-order valence-electron chi connectivity index (χ1n) is 6.07. The van der Waals surface area contributed by atoms with Crippen molar-refractivity contribution in [2.45, 2.75) is 25.4 Å². The molecule has 0 saturated carbocycles. The maximum atomic E-state index is 13.0. The Morgan fingerprint density at radius 2 is 2.22 bits per heavy atom. The average molecular weight is 254 g/mol. The molecule has 1 atom stereocenters. The quantitative estimate of drug-likeness (QED) is 0.766. The van der Waals surface area contributed by atoms with E-state index in [9.17, 15) is 4.39 Å². The standard InChI is InChI=1S/C12H16BFO4/c14-9-4-5-12(11(7-9)13(15)16)18-8-10-3-1-2-6-17-10/h4-5,7,10,15-16H,1-3,6,8H2/t10-/m0/s1. The number of rotatable bonds is 4. The number of ether oxygens (including phenoxy) is 2. The monoisotopic (exact) mass is 254 g/mol. The minimum Gasteiger partial charge on any atom is -0.491 e. The maximum Gasteiger partial charge on any atom is 0.492 e. The molecule has 1 aromatic carbocycles. The molecule has 4 nitrogen and oxygen atoms in total. The summed E-state index contributed by atoms with van der Waals surface area (Å²) in [7, 11) is -1.75. The molecule has 2 N–H and O–H groups in total. The molecule has 0 amide bonds. The second-order valence-corrected chi connectivity index (χ2v) is 4.36. The summed E-state index contributed by atoms with van der Waals surface area (Å²) in [6.45, 7) is 1.07. The van der Waals surface area contributed by atoms with E-state index in [2.05, 4.69) is 0 Å². The van der Waals surface area contributed by atoms with Crippen LogP contribution in [0.15, 0.2) is 18.2 Å². The molecule has 0 aliphatic carbocycles. The van der Waals surface area contributed by atoms with Gasteiger partial charge in [0.2, 0.25) is 0 Å². The Morgan fingerprint density at radius 3 is 2.89 bits per heavy atom. The van der Waals surface area contributed by atoms with Gasteiger partial charge in [0, 0.05) is 12.1 Å². The zero-order valence-electron chi connectivity index (χ0n) is 10.0. The van der Waals surface area contributed by atoms with Gasteiger partial charge in [-0.1, -0.05) is 0 Å². The summed E-state index contributed by atoms with van der Waals surface area (Å²) in [5.41, 5.74) is 0.0332. The van der Waals surface area contributed by atoms with Crippen LogP contribution in [-0.4, -0.2) is 36.5 Å². The van der Waals surface area contributed by atoms with Crippen molar-refractivity contribution in [1.29, 1.82) is 0 Å². The molecule has 1 saturated heterocycles. The summed E-state index contributed by atoms with van der Waals surface area (Å²) in [6.07, 6.45) is 3.12. The Hall–Kier alpha value is -1.11. The van der Waals surface area contributed by atoms with E-state index in [1.807, 2.05) is 0 Å². The first kappa shape index (κ1) is 13.3. The molecule has 6 heteroatoms. The van der Waals surface area contributed by atoms with E-state index in [1.54, 1.807) is 0 Å². The molecule has 1 heterocycles. The second kappa shape index (κ2) is 6.18. The van der Waals surface area contributed by atoms with Gasteiger partial charge in [-0.25, -0.2) is 4.39 Å². The van der Waals surface area contributed by atoms with Crippen LogP contribution in [0.3, 0.4) is 0 Å². The summed E-state index contributed by atoms with van der Waals surface area (Å²) in [5.74, 6) is -0.250. The summed E-state index contributed by atoms with van der Waals surface area (Å²) >= 11 is 0. The van der Waals surface area contributed by atoms with Crippen LogP contribution in [0, 0.1) is 5.82 Å². The average Bonchev–Trinajstić information content (AvgIpc) is 2.38. The number of hydrogen-bond acceptors (Lipinski definition) is 4. The summed E-state index contributed by atoms with van der Waals surface area (Å²) in [5, 5.41) is 18.3. The van der Waals surface area contributed by atoms with E-state index in [-0.39, 0.29) is 17.3 Å². The zero-order valence-corrected chi connectivity index (χ0v) is 10.0. The van der Waals surface area contributed by atoms with Crippen molar-refractivity contribution in [2.24, 2.45) is 0 Å². The van der Waals surface area contributed by atoms with Gasteiger partial charge in [0.25, 0.3) is 0 Å². The third kappa shape index (κ3) is 3.44. The molecular weight excluding hydrogens is 238 g/mol. The Morgan fingerprint density at radius 1 is 1.39 bits per heavy atom. The van der Waals surface area contributed by atoms with Crippen LogP contribution < -0.4 is 10.2 Å². The van der Waals surface area contributed by atoms with Crippen molar-refractivity contribution in [2.75, 3.05) is 13.2 Å². The molecule has 0 unspecified atom stereocenters. The maximum absolute atomic E-state index is 13.0. The third-order valence-electron chi connectivity index (χ3n) is 2.95. The van der Waals surface area contributed by atoms with Crippen molar-refractivity contribution < 1.29 is 23.9 Å². The molecule has 1 fully saturated rings. The summed E-state index contributed by atoms with van der Waals surface area (Å²) in [6, 6.07) is 3.68. The molecule has 2 rings (SSSR count). The van der Waals surface area contributed by atoms with E-state index in [0.29, 0.717) is 6.61 Å².